The highest BCUT2D eigenvalue weighted by atomic mass is 32.3. The lowest BCUT2D eigenvalue weighted by Gasteiger charge is -2.12. The van der Waals surface area contributed by atoms with Gasteiger partial charge in [0.2, 0.25) is 0 Å². The number of carbonyl (C=O) groups excluding carboxylic acids is 1. The molecule has 0 fully saturated rings. The molecule has 162 valence electrons. The van der Waals surface area contributed by atoms with Crippen molar-refractivity contribution in [3.05, 3.63) is 0 Å². The lowest BCUT2D eigenvalue weighted by atomic mass is 10.0. The number of ketones is 1. The van der Waals surface area contributed by atoms with Crippen LogP contribution in [0.25, 0.3) is 0 Å². The first-order valence-electron chi connectivity index (χ1n) is 10.7. The molecule has 0 aromatic carbocycles. The van der Waals surface area contributed by atoms with Gasteiger partial charge < -0.3 is 0 Å². The molecule has 0 radical (unpaired) electrons. The summed E-state index contributed by atoms with van der Waals surface area (Å²) >= 11 is 0. The SMILES string of the molecule is CCCCCCCCCCCCCCCCCC(=O)CN(C)OS(=O)(=O)O. The minimum Gasteiger partial charge on any atom is -0.298 e. The van der Waals surface area contributed by atoms with E-state index in [9.17, 15) is 13.2 Å². The third kappa shape index (κ3) is 21.7. The molecule has 0 spiro atoms. The second-order valence-electron chi connectivity index (χ2n) is 7.53. The third-order valence-corrected chi connectivity index (χ3v) is 5.12. The van der Waals surface area contributed by atoms with Gasteiger partial charge in [-0.15, -0.1) is 0 Å². The number of Topliss-reactive ketones (excluding diaryl/α,β-unsaturated/α-hetero) is 1. The van der Waals surface area contributed by atoms with E-state index < -0.39 is 10.4 Å². The minimum atomic E-state index is -4.55. The molecule has 0 atom stereocenters. The van der Waals surface area contributed by atoms with Crippen molar-refractivity contribution in [1.82, 2.24) is 5.06 Å². The van der Waals surface area contributed by atoms with Crippen LogP contribution in [-0.2, 0) is 19.5 Å². The number of rotatable bonds is 20. The van der Waals surface area contributed by atoms with E-state index in [-0.39, 0.29) is 12.3 Å². The van der Waals surface area contributed by atoms with Gasteiger partial charge in [-0.2, -0.15) is 17.8 Å². The molecule has 0 amide bonds. The molecule has 0 rings (SSSR count). The first kappa shape index (κ1) is 26.5. The largest absolute Gasteiger partial charge is 0.413 e. The maximum Gasteiger partial charge on any atom is 0.413 e. The second-order valence-corrected chi connectivity index (χ2v) is 8.53. The Morgan fingerprint density at radius 2 is 1.15 bits per heavy atom. The number of hydroxylamine groups is 2. The van der Waals surface area contributed by atoms with Gasteiger partial charge in [-0.25, -0.2) is 0 Å². The van der Waals surface area contributed by atoms with Crippen molar-refractivity contribution >= 4 is 16.2 Å². The Hall–Kier alpha value is -0.500. The zero-order valence-electron chi connectivity index (χ0n) is 17.5. The summed E-state index contributed by atoms with van der Waals surface area (Å²) in [6.45, 7) is 2.11. The maximum atomic E-state index is 11.7. The van der Waals surface area contributed by atoms with Gasteiger partial charge in [-0.05, 0) is 6.42 Å². The van der Waals surface area contributed by atoms with Gasteiger partial charge in [0.05, 0.1) is 6.54 Å². The first-order chi connectivity index (χ1) is 12.8. The van der Waals surface area contributed by atoms with E-state index in [1.807, 2.05) is 0 Å². The molecule has 0 bridgehead atoms. The summed E-state index contributed by atoms with van der Waals surface area (Å²) in [5.74, 6) is -0.0872. The fraction of sp³-hybridized carbons (Fsp3) is 0.950. The van der Waals surface area contributed by atoms with Crippen LogP contribution in [0, 0.1) is 0 Å². The Morgan fingerprint density at radius 3 is 1.52 bits per heavy atom. The molecular weight excluding hydrogens is 366 g/mol. The summed E-state index contributed by atoms with van der Waals surface area (Å²) in [5, 5.41) is 0.836. The zero-order valence-corrected chi connectivity index (χ0v) is 18.3. The van der Waals surface area contributed by atoms with Gasteiger partial charge in [0.15, 0.2) is 0 Å². The summed E-state index contributed by atoms with van der Waals surface area (Å²) in [5.41, 5.74) is 0. The molecule has 0 aromatic heterocycles. The van der Waals surface area contributed by atoms with E-state index in [0.717, 1.165) is 24.3 Å². The molecular formula is C20H41NO5S. The monoisotopic (exact) mass is 407 g/mol. The molecule has 7 heteroatoms. The molecule has 0 aliphatic heterocycles. The Kier molecular flexibility index (Phi) is 17.3. The highest BCUT2D eigenvalue weighted by Crippen LogP contribution is 2.13. The van der Waals surface area contributed by atoms with Crippen LogP contribution in [0.4, 0.5) is 0 Å². The summed E-state index contributed by atoms with van der Waals surface area (Å²) < 4.78 is 33.7. The molecule has 6 nitrogen and oxygen atoms in total. The average Bonchev–Trinajstić information content (AvgIpc) is 2.56. The topological polar surface area (TPSA) is 83.9 Å². The number of unbranched alkanes of at least 4 members (excludes halogenated alkanes) is 14. The van der Waals surface area contributed by atoms with E-state index >= 15 is 0 Å². The van der Waals surface area contributed by atoms with Gasteiger partial charge in [-0.3, -0.25) is 9.35 Å². The van der Waals surface area contributed by atoms with Gasteiger partial charge >= 0.3 is 10.4 Å². The lowest BCUT2D eigenvalue weighted by molar-refractivity contribution is -0.127. The molecule has 0 saturated heterocycles. The highest BCUT2D eigenvalue weighted by Gasteiger charge is 2.13. The molecule has 0 aliphatic rings. The van der Waals surface area contributed by atoms with E-state index in [0.29, 0.717) is 6.42 Å². The molecule has 0 aliphatic carbocycles. The maximum absolute atomic E-state index is 11.7. The third-order valence-electron chi connectivity index (χ3n) is 4.68. The van der Waals surface area contributed by atoms with Gasteiger partial charge in [0, 0.05) is 13.5 Å². The van der Waals surface area contributed by atoms with Crippen molar-refractivity contribution in [2.45, 2.75) is 110 Å². The van der Waals surface area contributed by atoms with Crippen molar-refractivity contribution in [2.75, 3.05) is 13.6 Å². The van der Waals surface area contributed by atoms with Crippen LogP contribution in [-0.4, -0.2) is 37.4 Å². The zero-order chi connectivity index (χ0) is 20.4. The number of carbonyl (C=O) groups is 1. The van der Waals surface area contributed by atoms with Crippen molar-refractivity contribution in [3.63, 3.8) is 0 Å². The van der Waals surface area contributed by atoms with E-state index in [2.05, 4.69) is 11.2 Å². The van der Waals surface area contributed by atoms with Crippen molar-refractivity contribution in [1.29, 1.82) is 0 Å². The summed E-state index contributed by atoms with van der Waals surface area (Å²) in [6.07, 6.45) is 19.6. The normalized spacial score (nSPS) is 12.0. The van der Waals surface area contributed by atoms with Crippen LogP contribution < -0.4 is 0 Å². The van der Waals surface area contributed by atoms with Crippen molar-refractivity contribution in [3.8, 4) is 0 Å². The molecule has 0 saturated carbocycles. The van der Waals surface area contributed by atoms with Crippen LogP contribution in [0.5, 0.6) is 0 Å². The van der Waals surface area contributed by atoms with Crippen LogP contribution in [0.2, 0.25) is 0 Å². The summed E-state index contributed by atoms with van der Waals surface area (Å²) in [4.78, 5) is 11.7. The van der Waals surface area contributed by atoms with Crippen molar-refractivity contribution < 1.29 is 22.0 Å². The quantitative estimate of drug-likeness (QED) is 0.163. The molecule has 0 aromatic rings. The molecule has 27 heavy (non-hydrogen) atoms. The number of likely N-dealkylation sites (N-methyl/N-ethyl adjacent to an activating group) is 1. The second kappa shape index (κ2) is 17.6. The van der Waals surface area contributed by atoms with E-state index in [4.69, 9.17) is 4.55 Å². The Labute approximate surface area is 166 Å². The molecule has 0 unspecified atom stereocenters. The van der Waals surface area contributed by atoms with Crippen LogP contribution in [0.15, 0.2) is 0 Å². The first-order valence-corrected chi connectivity index (χ1v) is 12.1. The predicted octanol–water partition coefficient (Wildman–Crippen LogP) is 5.48. The van der Waals surface area contributed by atoms with Crippen molar-refractivity contribution in [2.24, 2.45) is 0 Å². The smallest absolute Gasteiger partial charge is 0.298 e. The van der Waals surface area contributed by atoms with Gasteiger partial charge in [0.25, 0.3) is 0 Å². The average molecular weight is 408 g/mol. The van der Waals surface area contributed by atoms with E-state index in [1.165, 1.54) is 84.1 Å². The Morgan fingerprint density at radius 1 is 0.778 bits per heavy atom. The van der Waals surface area contributed by atoms with Gasteiger partial charge in [-0.1, -0.05) is 96.8 Å². The minimum absolute atomic E-state index is 0.0872. The summed E-state index contributed by atoms with van der Waals surface area (Å²) in [6, 6.07) is 0. The molecule has 1 N–H and O–H groups in total. The fourth-order valence-electron chi connectivity index (χ4n) is 3.21. The van der Waals surface area contributed by atoms with Crippen LogP contribution in [0.3, 0.4) is 0 Å². The van der Waals surface area contributed by atoms with Crippen LogP contribution >= 0.6 is 0 Å². The van der Waals surface area contributed by atoms with Crippen LogP contribution in [0.1, 0.15) is 110 Å². The predicted molar refractivity (Wildman–Crippen MR) is 110 cm³/mol. The number of hydrogen-bond acceptors (Lipinski definition) is 5. The fourth-order valence-corrected chi connectivity index (χ4v) is 3.58. The van der Waals surface area contributed by atoms with E-state index in [1.54, 1.807) is 0 Å². The lowest BCUT2D eigenvalue weighted by Crippen LogP contribution is -2.28. The Bertz CT molecular complexity index is 453. The standard InChI is InChI=1S/C20H41NO5S/c1-3-4-5-6-7-8-9-10-11-12-13-14-15-16-17-18-20(22)19-21(2)26-27(23,24)25/h3-19H2,1-2H3,(H,23,24,25). The van der Waals surface area contributed by atoms with Gasteiger partial charge in [0.1, 0.15) is 5.78 Å². The number of hydrogen-bond donors (Lipinski definition) is 1. The number of nitrogens with zero attached hydrogens (tertiary/aromatic N) is 1. The summed E-state index contributed by atoms with van der Waals surface area (Å²) in [7, 11) is -3.24. The highest BCUT2D eigenvalue weighted by molar-refractivity contribution is 7.80. The molecule has 0 heterocycles. The Balaban J connectivity index is 3.30.